The van der Waals surface area contributed by atoms with Gasteiger partial charge < -0.3 is 0 Å². The molecule has 1 heterocycles. The summed E-state index contributed by atoms with van der Waals surface area (Å²) < 4.78 is 0. The molecule has 0 saturated carbocycles. The Morgan fingerprint density at radius 3 is 2.60 bits per heavy atom. The van der Waals surface area contributed by atoms with Crippen molar-refractivity contribution in [3.8, 4) is 0 Å². The van der Waals surface area contributed by atoms with Crippen LogP contribution in [0.1, 0.15) is 38.2 Å². The molecule has 0 fully saturated rings. The summed E-state index contributed by atoms with van der Waals surface area (Å²) in [7, 11) is 0. The highest BCUT2D eigenvalue weighted by Crippen LogP contribution is 2.10. The molecule has 2 heteroatoms. The molecule has 0 aliphatic heterocycles. The quantitative estimate of drug-likeness (QED) is 0.619. The van der Waals surface area contributed by atoms with Crippen molar-refractivity contribution in [1.82, 2.24) is 4.98 Å². The number of aromatic nitrogens is 1. The fraction of sp³-hybridized carbons (Fsp3) is 0.615. The van der Waals surface area contributed by atoms with Crippen LogP contribution in [0, 0.1) is 0 Å². The summed E-state index contributed by atoms with van der Waals surface area (Å²) in [6.07, 6.45) is 10.4. The van der Waals surface area contributed by atoms with E-state index in [1.165, 1.54) is 49.2 Å². The Morgan fingerprint density at radius 2 is 1.87 bits per heavy atom. The van der Waals surface area contributed by atoms with Crippen molar-refractivity contribution in [3.05, 3.63) is 30.1 Å². The van der Waals surface area contributed by atoms with E-state index in [1.54, 1.807) is 0 Å². The molecule has 1 aromatic heterocycles. The van der Waals surface area contributed by atoms with Gasteiger partial charge in [-0.05, 0) is 42.0 Å². The Labute approximate surface area is 97.7 Å². The molecular formula is C13H21NS. The molecular weight excluding hydrogens is 202 g/mol. The summed E-state index contributed by atoms with van der Waals surface area (Å²) >= 11 is 2.08. The van der Waals surface area contributed by atoms with Crippen molar-refractivity contribution in [2.75, 3.05) is 11.5 Å². The Morgan fingerprint density at radius 1 is 1.07 bits per heavy atom. The van der Waals surface area contributed by atoms with Gasteiger partial charge in [0.25, 0.3) is 0 Å². The number of pyridine rings is 1. The van der Waals surface area contributed by atoms with Gasteiger partial charge in [0.2, 0.25) is 0 Å². The molecule has 0 aromatic carbocycles. The van der Waals surface area contributed by atoms with Crippen molar-refractivity contribution >= 4 is 11.8 Å². The molecule has 0 aliphatic rings. The minimum atomic E-state index is 1.18. The summed E-state index contributed by atoms with van der Waals surface area (Å²) in [5.74, 6) is 2.57. The van der Waals surface area contributed by atoms with Gasteiger partial charge in [0, 0.05) is 12.4 Å². The van der Waals surface area contributed by atoms with Crippen molar-refractivity contribution < 1.29 is 0 Å². The maximum absolute atomic E-state index is 4.02. The lowest BCUT2D eigenvalue weighted by molar-refractivity contribution is 0.706. The van der Waals surface area contributed by atoms with Gasteiger partial charge in [0.05, 0.1) is 0 Å². The van der Waals surface area contributed by atoms with Crippen LogP contribution in [0.25, 0.3) is 0 Å². The lowest BCUT2D eigenvalue weighted by atomic mass is 10.2. The largest absolute Gasteiger partial charge is 0.265 e. The van der Waals surface area contributed by atoms with Crippen LogP contribution in [0.4, 0.5) is 0 Å². The van der Waals surface area contributed by atoms with E-state index in [9.17, 15) is 0 Å². The lowest BCUT2D eigenvalue weighted by Gasteiger charge is -2.01. The number of aryl methyl sites for hydroxylation is 1. The lowest BCUT2D eigenvalue weighted by Crippen LogP contribution is -1.90. The predicted octanol–water partition coefficient (Wildman–Crippen LogP) is 3.94. The molecule has 0 atom stereocenters. The van der Waals surface area contributed by atoms with Crippen LogP contribution in [-0.4, -0.2) is 16.5 Å². The summed E-state index contributed by atoms with van der Waals surface area (Å²) in [6, 6.07) is 4.22. The Balaban J connectivity index is 1.93. The van der Waals surface area contributed by atoms with E-state index in [-0.39, 0.29) is 0 Å². The number of hydrogen-bond donors (Lipinski definition) is 0. The first-order chi connectivity index (χ1) is 7.43. The summed E-state index contributed by atoms with van der Waals surface area (Å²) in [6.45, 7) is 2.26. The zero-order chi connectivity index (χ0) is 10.8. The Hall–Kier alpha value is -0.500. The molecule has 0 amide bonds. The van der Waals surface area contributed by atoms with E-state index in [0.717, 1.165) is 0 Å². The molecule has 0 saturated heterocycles. The van der Waals surface area contributed by atoms with E-state index in [1.807, 2.05) is 12.4 Å². The Bertz CT molecular complexity index is 236. The van der Waals surface area contributed by atoms with Gasteiger partial charge in [-0.2, -0.15) is 11.8 Å². The third-order valence-electron chi connectivity index (χ3n) is 2.43. The highest BCUT2D eigenvalue weighted by atomic mass is 32.2. The fourth-order valence-electron chi connectivity index (χ4n) is 1.47. The third kappa shape index (κ3) is 6.56. The number of thioether (sulfide) groups is 1. The van der Waals surface area contributed by atoms with E-state index < -0.39 is 0 Å². The molecule has 0 radical (unpaired) electrons. The SMILES string of the molecule is CCCCCCSCCc1ccncc1. The van der Waals surface area contributed by atoms with Gasteiger partial charge in [-0.1, -0.05) is 26.2 Å². The molecule has 1 rings (SSSR count). The number of hydrogen-bond acceptors (Lipinski definition) is 2. The second-order valence-electron chi connectivity index (χ2n) is 3.78. The van der Waals surface area contributed by atoms with Crippen molar-refractivity contribution in [3.63, 3.8) is 0 Å². The van der Waals surface area contributed by atoms with Gasteiger partial charge in [0.1, 0.15) is 0 Å². The highest BCUT2D eigenvalue weighted by molar-refractivity contribution is 7.99. The molecule has 0 spiro atoms. The van der Waals surface area contributed by atoms with Crippen LogP contribution in [0.2, 0.25) is 0 Å². The standard InChI is InChI=1S/C13H21NS/c1-2-3-4-5-11-15-12-8-13-6-9-14-10-7-13/h6-7,9-10H,2-5,8,11-12H2,1H3. The van der Waals surface area contributed by atoms with Gasteiger partial charge in [-0.25, -0.2) is 0 Å². The number of unbranched alkanes of at least 4 members (excludes halogenated alkanes) is 3. The van der Waals surface area contributed by atoms with Crippen LogP contribution in [0.5, 0.6) is 0 Å². The van der Waals surface area contributed by atoms with Gasteiger partial charge in [-0.3, -0.25) is 4.98 Å². The van der Waals surface area contributed by atoms with Gasteiger partial charge in [-0.15, -0.1) is 0 Å². The molecule has 0 aliphatic carbocycles. The van der Waals surface area contributed by atoms with Crippen LogP contribution >= 0.6 is 11.8 Å². The zero-order valence-electron chi connectivity index (χ0n) is 9.61. The van der Waals surface area contributed by atoms with Crippen LogP contribution < -0.4 is 0 Å². The molecule has 1 aromatic rings. The topological polar surface area (TPSA) is 12.9 Å². The van der Waals surface area contributed by atoms with Crippen LogP contribution in [-0.2, 0) is 6.42 Å². The first-order valence-corrected chi connectivity index (χ1v) is 7.05. The van der Waals surface area contributed by atoms with Crippen molar-refractivity contribution in [2.45, 2.75) is 39.0 Å². The number of nitrogens with zero attached hydrogens (tertiary/aromatic N) is 1. The second kappa shape index (κ2) is 8.78. The van der Waals surface area contributed by atoms with Crippen LogP contribution in [0.15, 0.2) is 24.5 Å². The van der Waals surface area contributed by atoms with E-state index >= 15 is 0 Å². The van der Waals surface area contributed by atoms with Gasteiger partial charge >= 0.3 is 0 Å². The molecule has 0 N–H and O–H groups in total. The maximum atomic E-state index is 4.02. The van der Waals surface area contributed by atoms with E-state index in [2.05, 4.69) is 35.8 Å². The zero-order valence-corrected chi connectivity index (χ0v) is 10.4. The van der Waals surface area contributed by atoms with Crippen molar-refractivity contribution in [2.24, 2.45) is 0 Å². The molecule has 0 unspecified atom stereocenters. The monoisotopic (exact) mass is 223 g/mol. The Kier molecular flexibility index (Phi) is 7.36. The molecule has 0 bridgehead atoms. The average Bonchev–Trinajstić information content (AvgIpc) is 2.29. The number of rotatable bonds is 8. The van der Waals surface area contributed by atoms with Gasteiger partial charge in [0.15, 0.2) is 0 Å². The minimum Gasteiger partial charge on any atom is -0.265 e. The smallest absolute Gasteiger partial charge is 0.0270 e. The second-order valence-corrected chi connectivity index (χ2v) is 5.00. The maximum Gasteiger partial charge on any atom is 0.0270 e. The van der Waals surface area contributed by atoms with Crippen LogP contribution in [0.3, 0.4) is 0 Å². The summed E-state index contributed by atoms with van der Waals surface area (Å²) in [4.78, 5) is 4.02. The average molecular weight is 223 g/mol. The third-order valence-corrected chi connectivity index (χ3v) is 3.50. The molecule has 84 valence electrons. The first-order valence-electron chi connectivity index (χ1n) is 5.90. The minimum absolute atomic E-state index is 1.18. The van der Waals surface area contributed by atoms with E-state index in [0.29, 0.717) is 0 Å². The first kappa shape index (κ1) is 12.6. The molecule has 15 heavy (non-hydrogen) atoms. The summed E-state index contributed by atoms with van der Waals surface area (Å²) in [5.41, 5.74) is 1.41. The van der Waals surface area contributed by atoms with E-state index in [4.69, 9.17) is 0 Å². The summed E-state index contributed by atoms with van der Waals surface area (Å²) in [5, 5.41) is 0. The normalized spacial score (nSPS) is 10.5. The van der Waals surface area contributed by atoms with Crippen molar-refractivity contribution in [1.29, 1.82) is 0 Å². The predicted molar refractivity (Wildman–Crippen MR) is 69.4 cm³/mol. The fourth-order valence-corrected chi connectivity index (χ4v) is 2.46. The highest BCUT2D eigenvalue weighted by Gasteiger charge is 1.93. The molecule has 1 nitrogen and oxygen atoms in total.